The minimum atomic E-state index is -0.446. The Morgan fingerprint density at radius 2 is 1.65 bits per heavy atom. The number of nitrogens with zero attached hydrogens (tertiary/aromatic N) is 1. The third kappa shape index (κ3) is 7.92. The van der Waals surface area contributed by atoms with Crippen LogP contribution < -0.4 is 15.0 Å². The number of alkyl carbamates (subject to hydrolysis) is 1. The molecule has 0 bridgehead atoms. The zero-order chi connectivity index (χ0) is 24.0. The number of ether oxygens (including phenoxy) is 4. The molecule has 0 spiro atoms. The summed E-state index contributed by atoms with van der Waals surface area (Å²) in [5, 5.41) is 2.73. The van der Waals surface area contributed by atoms with Gasteiger partial charge in [-0.05, 0) is 37.1 Å². The molecule has 2 aromatic carbocycles. The Morgan fingerprint density at radius 1 is 0.882 bits per heavy atom. The molecule has 186 valence electrons. The first-order chi connectivity index (χ1) is 16.7. The highest BCUT2D eigenvalue weighted by atomic mass is 16.6. The second kappa shape index (κ2) is 14.5. The molecule has 34 heavy (non-hydrogen) atoms. The summed E-state index contributed by atoms with van der Waals surface area (Å²) in [6.07, 6.45) is 5.72. The summed E-state index contributed by atoms with van der Waals surface area (Å²) in [6, 6.07) is 13.9. The van der Waals surface area contributed by atoms with Crippen LogP contribution in [0.3, 0.4) is 0 Å². The quantitative estimate of drug-likeness (QED) is 0.324. The normalized spacial score (nSPS) is 12.0. The third-order valence-electron chi connectivity index (χ3n) is 5.68. The van der Waals surface area contributed by atoms with Crippen molar-refractivity contribution in [3.63, 3.8) is 0 Å². The maximum absolute atomic E-state index is 12.1. The summed E-state index contributed by atoms with van der Waals surface area (Å²) in [5.41, 5.74) is 2.99. The van der Waals surface area contributed by atoms with Gasteiger partial charge in [0.25, 0.3) is 0 Å². The average molecular weight is 471 g/mol. The highest BCUT2D eigenvalue weighted by molar-refractivity contribution is 5.79. The van der Waals surface area contributed by atoms with Crippen LogP contribution in [0, 0.1) is 6.92 Å². The largest absolute Gasteiger partial charge is 0.453 e. The number of benzene rings is 2. The second-order valence-electron chi connectivity index (χ2n) is 8.35. The number of hydrogen-bond acceptors (Lipinski definition) is 6. The van der Waals surface area contributed by atoms with Gasteiger partial charge in [-0.15, -0.1) is 0 Å². The Hall–Kier alpha value is -2.77. The van der Waals surface area contributed by atoms with E-state index in [9.17, 15) is 4.79 Å². The molecule has 0 unspecified atom stereocenters. The molecule has 0 atom stereocenters. The molecule has 1 amide bonds. The highest BCUT2D eigenvalue weighted by Crippen LogP contribution is 2.47. The minimum Gasteiger partial charge on any atom is -0.453 e. The summed E-state index contributed by atoms with van der Waals surface area (Å²) in [6.45, 7) is 7.74. The van der Waals surface area contributed by atoms with Crippen molar-refractivity contribution >= 4 is 17.5 Å². The van der Waals surface area contributed by atoms with E-state index in [1.807, 2.05) is 49.4 Å². The average Bonchev–Trinajstić information content (AvgIpc) is 2.85. The topological polar surface area (TPSA) is 69.3 Å². The van der Waals surface area contributed by atoms with Crippen LogP contribution in [0.4, 0.5) is 16.2 Å². The molecule has 0 saturated heterocycles. The molecule has 0 aromatic heterocycles. The lowest BCUT2D eigenvalue weighted by molar-refractivity contribution is 0.0469. The van der Waals surface area contributed by atoms with Gasteiger partial charge in [-0.3, -0.25) is 0 Å². The van der Waals surface area contributed by atoms with Crippen molar-refractivity contribution < 1.29 is 23.7 Å². The molecule has 0 saturated carbocycles. The van der Waals surface area contributed by atoms with Crippen molar-refractivity contribution in [2.45, 2.75) is 46.0 Å². The molecule has 1 aliphatic heterocycles. The van der Waals surface area contributed by atoms with Crippen LogP contribution in [0.15, 0.2) is 42.5 Å². The van der Waals surface area contributed by atoms with Crippen LogP contribution in [-0.4, -0.2) is 52.2 Å². The van der Waals surface area contributed by atoms with Crippen molar-refractivity contribution in [3.8, 4) is 11.5 Å². The number of aryl methyl sites for hydroxylation is 1. The van der Waals surface area contributed by atoms with Crippen LogP contribution in [0.5, 0.6) is 11.5 Å². The van der Waals surface area contributed by atoms with Gasteiger partial charge in [0, 0.05) is 13.2 Å². The van der Waals surface area contributed by atoms with E-state index >= 15 is 0 Å². The summed E-state index contributed by atoms with van der Waals surface area (Å²) in [7, 11) is 0. The standard InChI is InChI=1S/C27H38N2O5/c1-3-4-5-6-9-17-31-20-21-32-18-15-28-27(30)33-19-16-29-23-12-7-8-14-25(23)34-26-22(2)11-10-13-24(26)29/h7-8,10-14H,3-6,9,15-21H2,1-2H3,(H,28,30). The zero-order valence-corrected chi connectivity index (χ0v) is 20.5. The Bertz CT molecular complexity index is 889. The molecule has 1 N–H and O–H groups in total. The Labute approximate surface area is 203 Å². The van der Waals surface area contributed by atoms with Crippen LogP contribution in [0.1, 0.15) is 44.6 Å². The van der Waals surface area contributed by atoms with Gasteiger partial charge in [0.15, 0.2) is 11.5 Å². The number of carbonyl (C=O) groups is 1. The van der Waals surface area contributed by atoms with E-state index in [1.165, 1.54) is 25.7 Å². The SMILES string of the molecule is CCCCCCCOCCOCCNC(=O)OCCN1c2ccccc2Oc2c(C)cccc21. The van der Waals surface area contributed by atoms with E-state index in [2.05, 4.69) is 17.1 Å². The van der Waals surface area contributed by atoms with Crippen molar-refractivity contribution in [1.82, 2.24) is 5.32 Å². The number of para-hydroxylation sites is 3. The Kier molecular flexibility index (Phi) is 11.0. The maximum atomic E-state index is 12.1. The number of nitrogens with one attached hydrogen (secondary N) is 1. The molecule has 2 aromatic rings. The fraction of sp³-hybridized carbons (Fsp3) is 0.519. The first-order valence-corrected chi connectivity index (χ1v) is 12.4. The number of carbonyl (C=O) groups excluding carboxylic acids is 1. The van der Waals surface area contributed by atoms with Gasteiger partial charge in [0.1, 0.15) is 6.61 Å². The van der Waals surface area contributed by atoms with Gasteiger partial charge in [0.2, 0.25) is 0 Å². The van der Waals surface area contributed by atoms with Crippen LogP contribution >= 0.6 is 0 Å². The first-order valence-electron chi connectivity index (χ1n) is 12.4. The predicted molar refractivity (Wildman–Crippen MR) is 134 cm³/mol. The number of hydrogen-bond donors (Lipinski definition) is 1. The smallest absolute Gasteiger partial charge is 0.407 e. The highest BCUT2D eigenvalue weighted by Gasteiger charge is 2.25. The molecule has 1 aliphatic rings. The molecule has 3 rings (SSSR count). The lowest BCUT2D eigenvalue weighted by atomic mass is 10.1. The van der Waals surface area contributed by atoms with E-state index in [0.29, 0.717) is 32.9 Å². The molecule has 7 heteroatoms. The molecular weight excluding hydrogens is 432 g/mol. The van der Waals surface area contributed by atoms with Gasteiger partial charge in [-0.1, -0.05) is 56.9 Å². The van der Waals surface area contributed by atoms with Crippen molar-refractivity contribution in [2.75, 3.05) is 51.0 Å². The summed E-state index contributed by atoms with van der Waals surface area (Å²) in [4.78, 5) is 14.2. The molecular formula is C27H38N2O5. The van der Waals surface area contributed by atoms with Crippen molar-refractivity contribution in [2.24, 2.45) is 0 Å². The third-order valence-corrected chi connectivity index (χ3v) is 5.68. The lowest BCUT2D eigenvalue weighted by Crippen LogP contribution is -2.32. The van der Waals surface area contributed by atoms with Crippen molar-refractivity contribution in [1.29, 1.82) is 0 Å². The first kappa shape index (κ1) is 25.8. The van der Waals surface area contributed by atoms with E-state index in [-0.39, 0.29) is 6.61 Å². The van der Waals surface area contributed by atoms with Crippen molar-refractivity contribution in [3.05, 3.63) is 48.0 Å². The van der Waals surface area contributed by atoms with Gasteiger partial charge in [0.05, 0.1) is 37.7 Å². The van der Waals surface area contributed by atoms with E-state index in [4.69, 9.17) is 18.9 Å². The molecule has 1 heterocycles. The molecule has 0 radical (unpaired) electrons. The number of anilines is 2. The maximum Gasteiger partial charge on any atom is 0.407 e. The zero-order valence-electron chi connectivity index (χ0n) is 20.5. The van der Waals surface area contributed by atoms with Crippen LogP contribution in [0.2, 0.25) is 0 Å². The summed E-state index contributed by atoms with van der Waals surface area (Å²) >= 11 is 0. The minimum absolute atomic E-state index is 0.250. The second-order valence-corrected chi connectivity index (χ2v) is 8.35. The van der Waals surface area contributed by atoms with Gasteiger partial charge < -0.3 is 29.2 Å². The fourth-order valence-electron chi connectivity index (χ4n) is 3.86. The van der Waals surface area contributed by atoms with E-state index < -0.39 is 6.09 Å². The predicted octanol–water partition coefficient (Wildman–Crippen LogP) is 5.97. The van der Waals surface area contributed by atoms with Crippen LogP contribution in [0.25, 0.3) is 0 Å². The molecule has 0 aliphatic carbocycles. The van der Waals surface area contributed by atoms with Crippen LogP contribution in [-0.2, 0) is 14.2 Å². The fourth-order valence-corrected chi connectivity index (χ4v) is 3.86. The van der Waals surface area contributed by atoms with Gasteiger partial charge >= 0.3 is 6.09 Å². The summed E-state index contributed by atoms with van der Waals surface area (Å²) in [5.74, 6) is 1.63. The number of rotatable bonds is 15. The lowest BCUT2D eigenvalue weighted by Gasteiger charge is -2.33. The Morgan fingerprint density at radius 3 is 2.50 bits per heavy atom. The molecule has 0 fully saturated rings. The van der Waals surface area contributed by atoms with E-state index in [0.717, 1.165) is 41.5 Å². The van der Waals surface area contributed by atoms with Gasteiger partial charge in [-0.2, -0.15) is 0 Å². The number of unbranched alkanes of at least 4 members (excludes halogenated alkanes) is 4. The number of fused-ring (bicyclic) bond motifs is 2. The number of amides is 1. The van der Waals surface area contributed by atoms with E-state index in [1.54, 1.807) is 0 Å². The monoisotopic (exact) mass is 470 g/mol. The van der Waals surface area contributed by atoms with Gasteiger partial charge in [-0.25, -0.2) is 4.79 Å². The molecule has 7 nitrogen and oxygen atoms in total. The Balaban J connectivity index is 1.29. The summed E-state index contributed by atoms with van der Waals surface area (Å²) < 4.78 is 22.6.